The Kier molecular flexibility index (Phi) is 4.34. The number of anilines is 1. The molecule has 27 heavy (non-hydrogen) atoms. The molecule has 1 amide bonds. The molecular weight excluding hydrogens is 371 g/mol. The van der Waals surface area contributed by atoms with Crippen LogP contribution in [0.5, 0.6) is 0 Å². The van der Waals surface area contributed by atoms with Gasteiger partial charge in [0.25, 0.3) is 5.89 Å². The van der Waals surface area contributed by atoms with Crippen LogP contribution in [0.25, 0.3) is 11.5 Å². The van der Waals surface area contributed by atoms with Gasteiger partial charge in [0.1, 0.15) is 5.82 Å². The number of carbonyl (C=O) groups excluding carboxylic acids is 1. The van der Waals surface area contributed by atoms with Crippen molar-refractivity contribution in [2.24, 2.45) is 0 Å². The van der Waals surface area contributed by atoms with Gasteiger partial charge in [-0.2, -0.15) is 10.2 Å². The SMILES string of the molecule is N#Cc1cccc(-c2nc(C3CC(=O)N(c4ccc(F)c(Cl)c4)C3)no2)c1. The molecule has 0 saturated carbocycles. The Morgan fingerprint density at radius 2 is 2.15 bits per heavy atom. The predicted octanol–water partition coefficient (Wildman–Crippen LogP) is 3.92. The lowest BCUT2D eigenvalue weighted by Gasteiger charge is -2.16. The Hall–Kier alpha value is -3.24. The Balaban J connectivity index is 1.57. The lowest BCUT2D eigenvalue weighted by atomic mass is 10.1. The molecule has 2 aromatic carbocycles. The summed E-state index contributed by atoms with van der Waals surface area (Å²) in [6.07, 6.45) is 0.214. The Morgan fingerprint density at radius 1 is 1.30 bits per heavy atom. The number of amides is 1. The van der Waals surface area contributed by atoms with E-state index in [0.717, 1.165) is 0 Å². The minimum atomic E-state index is -0.536. The van der Waals surface area contributed by atoms with Crippen LogP contribution in [0.15, 0.2) is 47.0 Å². The van der Waals surface area contributed by atoms with E-state index in [9.17, 15) is 9.18 Å². The minimum Gasteiger partial charge on any atom is -0.334 e. The Bertz CT molecular complexity index is 1080. The van der Waals surface area contributed by atoms with Crippen molar-refractivity contribution in [2.75, 3.05) is 11.4 Å². The molecule has 0 aliphatic carbocycles. The van der Waals surface area contributed by atoms with Gasteiger partial charge in [0.05, 0.1) is 16.7 Å². The molecule has 1 atom stereocenters. The average Bonchev–Trinajstić information content (AvgIpc) is 3.31. The van der Waals surface area contributed by atoms with Gasteiger partial charge in [-0.25, -0.2) is 4.39 Å². The zero-order chi connectivity index (χ0) is 19.0. The largest absolute Gasteiger partial charge is 0.334 e. The number of aromatic nitrogens is 2. The second-order valence-corrected chi connectivity index (χ2v) is 6.56. The van der Waals surface area contributed by atoms with Crippen LogP contribution >= 0.6 is 11.6 Å². The molecule has 1 fully saturated rings. The third kappa shape index (κ3) is 3.27. The first-order valence-electron chi connectivity index (χ1n) is 8.14. The van der Waals surface area contributed by atoms with Gasteiger partial charge in [-0.3, -0.25) is 4.79 Å². The smallest absolute Gasteiger partial charge is 0.257 e. The van der Waals surface area contributed by atoms with E-state index in [0.29, 0.717) is 29.2 Å². The van der Waals surface area contributed by atoms with E-state index in [1.807, 2.05) is 0 Å². The van der Waals surface area contributed by atoms with Gasteiger partial charge in [0.2, 0.25) is 5.91 Å². The zero-order valence-electron chi connectivity index (χ0n) is 13.9. The molecule has 0 bridgehead atoms. The highest BCUT2D eigenvalue weighted by atomic mass is 35.5. The highest BCUT2D eigenvalue weighted by Gasteiger charge is 2.34. The van der Waals surface area contributed by atoms with E-state index in [2.05, 4.69) is 16.2 Å². The van der Waals surface area contributed by atoms with Crippen molar-refractivity contribution in [3.8, 4) is 17.5 Å². The third-order valence-electron chi connectivity index (χ3n) is 4.39. The summed E-state index contributed by atoms with van der Waals surface area (Å²) in [6, 6.07) is 13.1. The molecule has 0 N–H and O–H groups in total. The maximum absolute atomic E-state index is 13.4. The molecule has 8 heteroatoms. The molecule has 1 aliphatic rings. The fourth-order valence-electron chi connectivity index (χ4n) is 3.02. The van der Waals surface area contributed by atoms with E-state index in [4.69, 9.17) is 21.4 Å². The van der Waals surface area contributed by atoms with Crippen molar-refractivity contribution in [1.82, 2.24) is 10.1 Å². The van der Waals surface area contributed by atoms with E-state index in [1.165, 1.54) is 23.1 Å². The maximum Gasteiger partial charge on any atom is 0.257 e. The number of nitrogens with zero attached hydrogens (tertiary/aromatic N) is 4. The summed E-state index contributed by atoms with van der Waals surface area (Å²) in [5, 5.41) is 12.9. The van der Waals surface area contributed by atoms with Crippen molar-refractivity contribution >= 4 is 23.2 Å². The molecule has 1 unspecified atom stereocenters. The van der Waals surface area contributed by atoms with Crippen molar-refractivity contribution in [2.45, 2.75) is 12.3 Å². The topological polar surface area (TPSA) is 83.0 Å². The number of benzene rings is 2. The summed E-state index contributed by atoms with van der Waals surface area (Å²) in [5.41, 5.74) is 1.65. The lowest BCUT2D eigenvalue weighted by Crippen LogP contribution is -2.24. The number of nitriles is 1. The van der Waals surface area contributed by atoms with Gasteiger partial charge in [0, 0.05) is 30.1 Å². The third-order valence-corrected chi connectivity index (χ3v) is 4.68. The number of carbonyl (C=O) groups is 1. The summed E-state index contributed by atoms with van der Waals surface area (Å²) in [7, 11) is 0. The van der Waals surface area contributed by atoms with Gasteiger partial charge in [-0.05, 0) is 36.4 Å². The monoisotopic (exact) mass is 382 g/mol. The van der Waals surface area contributed by atoms with Crippen LogP contribution in [0, 0.1) is 17.1 Å². The predicted molar refractivity (Wildman–Crippen MR) is 95.6 cm³/mol. The van der Waals surface area contributed by atoms with Crippen LogP contribution in [-0.2, 0) is 4.79 Å². The fraction of sp³-hybridized carbons (Fsp3) is 0.158. The molecule has 1 aromatic heterocycles. The highest BCUT2D eigenvalue weighted by molar-refractivity contribution is 6.31. The number of hydrogen-bond acceptors (Lipinski definition) is 5. The molecule has 1 saturated heterocycles. The first-order valence-corrected chi connectivity index (χ1v) is 8.52. The molecule has 0 radical (unpaired) electrons. The highest BCUT2D eigenvalue weighted by Crippen LogP contribution is 2.33. The van der Waals surface area contributed by atoms with Crippen molar-refractivity contribution < 1.29 is 13.7 Å². The van der Waals surface area contributed by atoms with E-state index in [1.54, 1.807) is 24.3 Å². The summed E-state index contributed by atoms with van der Waals surface area (Å²) in [4.78, 5) is 18.3. The number of rotatable bonds is 3. The van der Waals surface area contributed by atoms with E-state index in [-0.39, 0.29) is 29.2 Å². The van der Waals surface area contributed by atoms with Crippen LogP contribution < -0.4 is 4.90 Å². The molecule has 6 nitrogen and oxygen atoms in total. The molecule has 4 rings (SSSR count). The van der Waals surface area contributed by atoms with Gasteiger partial charge in [-0.15, -0.1) is 0 Å². The second kappa shape index (κ2) is 6.82. The van der Waals surface area contributed by atoms with Crippen molar-refractivity contribution in [3.63, 3.8) is 0 Å². The molecular formula is C19H12ClFN4O2. The van der Waals surface area contributed by atoms with Gasteiger partial charge in [-0.1, -0.05) is 22.8 Å². The zero-order valence-corrected chi connectivity index (χ0v) is 14.7. The quantitative estimate of drug-likeness (QED) is 0.685. The van der Waals surface area contributed by atoms with Gasteiger partial charge >= 0.3 is 0 Å². The first-order chi connectivity index (χ1) is 13.0. The minimum absolute atomic E-state index is 0.0389. The normalized spacial score (nSPS) is 16.6. The van der Waals surface area contributed by atoms with Crippen LogP contribution in [0.4, 0.5) is 10.1 Å². The first kappa shape index (κ1) is 17.2. The summed E-state index contributed by atoms with van der Waals surface area (Å²) in [5.74, 6) is -0.209. The summed E-state index contributed by atoms with van der Waals surface area (Å²) in [6.45, 7) is 0.345. The van der Waals surface area contributed by atoms with E-state index < -0.39 is 5.82 Å². The average molecular weight is 383 g/mol. The summed E-state index contributed by atoms with van der Waals surface area (Å²) < 4.78 is 18.7. The standard InChI is InChI=1S/C19H12ClFN4O2/c20-15-8-14(4-5-16(15)21)25-10-13(7-17(25)26)18-23-19(27-24-18)12-3-1-2-11(6-12)9-22/h1-6,8,13H,7,10H2. The Labute approximate surface area is 158 Å². The second-order valence-electron chi connectivity index (χ2n) is 6.15. The van der Waals surface area contributed by atoms with Crippen LogP contribution in [-0.4, -0.2) is 22.6 Å². The summed E-state index contributed by atoms with van der Waals surface area (Å²) >= 11 is 5.81. The van der Waals surface area contributed by atoms with Crippen LogP contribution in [0.3, 0.4) is 0 Å². The van der Waals surface area contributed by atoms with Gasteiger partial charge < -0.3 is 9.42 Å². The molecule has 0 spiro atoms. The van der Waals surface area contributed by atoms with Gasteiger partial charge in [0.15, 0.2) is 5.82 Å². The van der Waals surface area contributed by atoms with E-state index >= 15 is 0 Å². The van der Waals surface area contributed by atoms with Crippen molar-refractivity contribution in [1.29, 1.82) is 5.26 Å². The van der Waals surface area contributed by atoms with Crippen LogP contribution in [0.1, 0.15) is 23.7 Å². The Morgan fingerprint density at radius 3 is 2.93 bits per heavy atom. The molecule has 1 aliphatic heterocycles. The maximum atomic E-state index is 13.4. The molecule has 2 heterocycles. The number of hydrogen-bond donors (Lipinski definition) is 0. The van der Waals surface area contributed by atoms with Crippen molar-refractivity contribution in [3.05, 3.63) is 64.7 Å². The molecule has 134 valence electrons. The number of halogens is 2. The van der Waals surface area contributed by atoms with Crippen LogP contribution in [0.2, 0.25) is 5.02 Å². The molecule has 3 aromatic rings. The lowest BCUT2D eigenvalue weighted by molar-refractivity contribution is -0.117. The fourth-order valence-corrected chi connectivity index (χ4v) is 3.20.